The van der Waals surface area contributed by atoms with E-state index in [-0.39, 0.29) is 29.6 Å². The Balaban J connectivity index is 1.29. The number of ether oxygens (including phenoxy) is 1. The maximum Gasteiger partial charge on any atom is 0.253 e. The van der Waals surface area contributed by atoms with Gasteiger partial charge in [0.25, 0.3) is 6.43 Å². The van der Waals surface area contributed by atoms with Crippen LogP contribution in [0.4, 0.5) is 24.7 Å². The van der Waals surface area contributed by atoms with E-state index in [1.807, 2.05) is 0 Å². The quantitative estimate of drug-likeness (QED) is 0.336. The number of rotatable bonds is 7. The number of fused-ring (bicyclic) bond motifs is 2. The van der Waals surface area contributed by atoms with E-state index in [1.165, 1.54) is 37.1 Å². The van der Waals surface area contributed by atoms with Gasteiger partial charge < -0.3 is 20.2 Å². The number of aliphatic imine (C=N–C) groups is 1. The second kappa shape index (κ2) is 8.57. The minimum absolute atomic E-state index is 0.00107. The van der Waals surface area contributed by atoms with Crippen LogP contribution in [0.15, 0.2) is 52.6 Å². The summed E-state index contributed by atoms with van der Waals surface area (Å²) in [5.74, 6) is -0.388. The Bertz CT molecular complexity index is 1520. The summed E-state index contributed by atoms with van der Waals surface area (Å²) in [4.78, 5) is 25.4. The van der Waals surface area contributed by atoms with E-state index in [0.29, 0.717) is 28.4 Å². The van der Waals surface area contributed by atoms with E-state index in [9.17, 15) is 13.2 Å². The zero-order valence-corrected chi connectivity index (χ0v) is 20.0. The van der Waals surface area contributed by atoms with Crippen LogP contribution in [-0.4, -0.2) is 41.3 Å². The van der Waals surface area contributed by atoms with Crippen molar-refractivity contribution in [2.75, 3.05) is 5.32 Å². The van der Waals surface area contributed by atoms with Gasteiger partial charge in [-0.1, -0.05) is 11.8 Å². The molecule has 2 aliphatic rings. The molecule has 0 amide bonds. The summed E-state index contributed by atoms with van der Waals surface area (Å²) < 4.78 is 52.0. The molecule has 10 nitrogen and oxygen atoms in total. The first kappa shape index (κ1) is 23.5. The van der Waals surface area contributed by atoms with Crippen molar-refractivity contribution in [2.24, 2.45) is 16.6 Å². The maximum atomic E-state index is 14.9. The van der Waals surface area contributed by atoms with Crippen molar-refractivity contribution >= 4 is 39.5 Å². The summed E-state index contributed by atoms with van der Waals surface area (Å²) in [5.41, 5.74) is 5.98. The molecule has 0 radical (unpaired) electrons. The average molecular weight is 529 g/mol. The van der Waals surface area contributed by atoms with Crippen LogP contribution in [0.3, 0.4) is 0 Å². The molecule has 0 spiro atoms. The Morgan fingerprint density at radius 1 is 1.24 bits per heavy atom. The van der Waals surface area contributed by atoms with Gasteiger partial charge in [-0.25, -0.2) is 33.7 Å². The van der Waals surface area contributed by atoms with Crippen LogP contribution in [0.2, 0.25) is 0 Å². The normalized spacial score (nSPS) is 24.6. The molecule has 4 aromatic heterocycles. The highest BCUT2D eigenvalue weighted by molar-refractivity contribution is 8.15. The van der Waals surface area contributed by atoms with E-state index >= 15 is 0 Å². The van der Waals surface area contributed by atoms with Gasteiger partial charge >= 0.3 is 0 Å². The lowest BCUT2D eigenvalue weighted by Gasteiger charge is -2.33. The van der Waals surface area contributed by atoms with Crippen molar-refractivity contribution in [1.29, 1.82) is 0 Å². The first-order chi connectivity index (χ1) is 17.8. The topological polar surface area (TPSA) is 137 Å². The molecule has 3 N–H and O–H groups in total. The second-order valence-corrected chi connectivity index (χ2v) is 10.2. The van der Waals surface area contributed by atoms with Crippen LogP contribution >= 0.6 is 11.8 Å². The predicted molar refractivity (Wildman–Crippen MR) is 129 cm³/mol. The first-order valence-electron chi connectivity index (χ1n) is 11.2. The van der Waals surface area contributed by atoms with Crippen molar-refractivity contribution in [3.8, 4) is 5.88 Å². The van der Waals surface area contributed by atoms with Crippen LogP contribution in [0.5, 0.6) is 5.88 Å². The SMILES string of the molecule is C[C@]1(c2cc(Nc3nccc4nc(OCc5ncco5)cnc34)cnc2F)N=C(N)S[C@@]2(C(F)F)C[C@@H]12. The monoisotopic (exact) mass is 528 g/mol. The largest absolute Gasteiger partial charge is 0.467 e. The third kappa shape index (κ3) is 4.00. The third-order valence-corrected chi connectivity index (χ3v) is 7.86. The van der Waals surface area contributed by atoms with Gasteiger partial charge in [0.05, 0.1) is 40.1 Å². The summed E-state index contributed by atoms with van der Waals surface area (Å²) in [7, 11) is 0. The molecule has 5 heterocycles. The molecule has 0 aromatic carbocycles. The fraction of sp³-hybridized carbons (Fsp3) is 0.304. The molecule has 190 valence electrons. The van der Waals surface area contributed by atoms with Crippen LogP contribution in [0, 0.1) is 11.9 Å². The van der Waals surface area contributed by atoms with Crippen molar-refractivity contribution < 1.29 is 22.3 Å². The highest BCUT2D eigenvalue weighted by Crippen LogP contribution is 2.68. The average Bonchev–Trinajstić information content (AvgIpc) is 3.41. The van der Waals surface area contributed by atoms with Gasteiger partial charge in [-0.3, -0.25) is 4.99 Å². The van der Waals surface area contributed by atoms with E-state index in [2.05, 4.69) is 35.2 Å². The number of hydrogen-bond acceptors (Lipinski definition) is 11. The van der Waals surface area contributed by atoms with Gasteiger partial charge in [-0.2, -0.15) is 4.39 Å². The van der Waals surface area contributed by atoms with Gasteiger partial charge in [-0.05, 0) is 25.5 Å². The molecule has 0 unspecified atom stereocenters. The number of anilines is 2. The van der Waals surface area contributed by atoms with E-state index in [4.69, 9.17) is 14.9 Å². The fourth-order valence-electron chi connectivity index (χ4n) is 4.66. The number of thioether (sulfide) groups is 1. The molecule has 1 saturated carbocycles. The molecule has 14 heteroatoms. The molecule has 6 rings (SSSR count). The summed E-state index contributed by atoms with van der Waals surface area (Å²) in [6.45, 7) is 1.70. The Morgan fingerprint density at radius 3 is 2.89 bits per heavy atom. The highest BCUT2D eigenvalue weighted by atomic mass is 32.2. The van der Waals surface area contributed by atoms with Gasteiger partial charge in [0.2, 0.25) is 17.7 Å². The number of pyridine rings is 2. The number of nitrogens with two attached hydrogens (primary N) is 1. The zero-order chi connectivity index (χ0) is 25.8. The first-order valence-corrected chi connectivity index (χ1v) is 12.0. The van der Waals surface area contributed by atoms with E-state index in [1.54, 1.807) is 13.0 Å². The number of nitrogens with one attached hydrogen (secondary N) is 1. The van der Waals surface area contributed by atoms with Crippen LogP contribution in [-0.2, 0) is 12.1 Å². The molecule has 3 atom stereocenters. The summed E-state index contributed by atoms with van der Waals surface area (Å²) in [6, 6.07) is 3.15. The summed E-state index contributed by atoms with van der Waals surface area (Å²) in [6.07, 6.45) is 4.76. The van der Waals surface area contributed by atoms with Crippen molar-refractivity contribution in [2.45, 2.75) is 36.7 Å². The number of alkyl halides is 2. The second-order valence-electron chi connectivity index (χ2n) is 8.85. The number of oxazole rings is 1. The van der Waals surface area contributed by atoms with E-state index in [0.717, 1.165) is 11.8 Å². The summed E-state index contributed by atoms with van der Waals surface area (Å²) >= 11 is 0.861. The fourth-order valence-corrected chi connectivity index (χ4v) is 6.00. The predicted octanol–water partition coefficient (Wildman–Crippen LogP) is 4.17. The maximum absolute atomic E-state index is 14.9. The number of halogens is 3. The molecular weight excluding hydrogens is 509 g/mol. The molecule has 1 aliphatic heterocycles. The molecule has 37 heavy (non-hydrogen) atoms. The lowest BCUT2D eigenvalue weighted by Crippen LogP contribution is -2.39. The molecular formula is C23H19F3N8O2S. The van der Waals surface area contributed by atoms with Crippen molar-refractivity contribution in [3.63, 3.8) is 0 Å². The molecule has 4 aromatic rings. The Morgan fingerprint density at radius 2 is 2.11 bits per heavy atom. The Labute approximate surface area is 212 Å². The molecule has 1 fully saturated rings. The number of aromatic nitrogens is 5. The standard InChI is InChI=1S/C23H19F3N8O2S/c1-22(14-7-23(14,20(25)26)37-21(27)34-22)12-6-11(8-31-18(12)24)32-19-17-13(2-3-29-19)33-15(9-30-17)36-10-16-28-4-5-35-16/h2-6,8-9,14,20H,7,10H2,1H3,(H2,27,34)(H,29,32)/t14-,22+,23-/m0/s1. The van der Waals surface area contributed by atoms with Crippen LogP contribution < -0.4 is 15.8 Å². The smallest absolute Gasteiger partial charge is 0.253 e. The lowest BCUT2D eigenvalue weighted by atomic mass is 9.86. The van der Waals surface area contributed by atoms with Gasteiger partial charge in [0.1, 0.15) is 11.8 Å². The van der Waals surface area contributed by atoms with Gasteiger partial charge in [-0.15, -0.1) is 0 Å². The summed E-state index contributed by atoms with van der Waals surface area (Å²) in [5, 5.41) is 3.08. The highest BCUT2D eigenvalue weighted by Gasteiger charge is 2.71. The van der Waals surface area contributed by atoms with Gasteiger partial charge in [0.15, 0.2) is 17.6 Å². The molecule has 0 bridgehead atoms. The Kier molecular flexibility index (Phi) is 5.44. The van der Waals surface area contributed by atoms with Crippen molar-refractivity contribution in [3.05, 3.63) is 60.6 Å². The Hall–Kier alpha value is -3.94. The molecule has 1 aliphatic carbocycles. The van der Waals surface area contributed by atoms with E-state index < -0.39 is 28.6 Å². The van der Waals surface area contributed by atoms with Crippen LogP contribution in [0.25, 0.3) is 11.0 Å². The number of nitrogens with zero attached hydrogens (tertiary/aromatic N) is 6. The third-order valence-electron chi connectivity index (χ3n) is 6.55. The zero-order valence-electron chi connectivity index (χ0n) is 19.2. The van der Waals surface area contributed by atoms with Crippen molar-refractivity contribution in [1.82, 2.24) is 24.9 Å². The van der Waals surface area contributed by atoms with Crippen LogP contribution in [0.1, 0.15) is 24.8 Å². The minimum atomic E-state index is -2.61. The minimum Gasteiger partial charge on any atom is -0.467 e. The lowest BCUT2D eigenvalue weighted by molar-refractivity contribution is 0.123. The molecule has 0 saturated heterocycles. The number of hydrogen-bond donors (Lipinski definition) is 2. The number of amidine groups is 1. The van der Waals surface area contributed by atoms with Gasteiger partial charge in [0, 0.05) is 17.7 Å².